The highest BCUT2D eigenvalue weighted by Gasteiger charge is 2.09. The second kappa shape index (κ2) is 8.66. The Morgan fingerprint density at radius 2 is 1.96 bits per heavy atom. The number of nitrogens with zero attached hydrogens (tertiary/aromatic N) is 1. The number of hydrogen-bond acceptors (Lipinski definition) is 5. The summed E-state index contributed by atoms with van der Waals surface area (Å²) >= 11 is 3.30. The molecule has 1 N–H and O–H groups in total. The molecule has 0 aliphatic rings. The highest BCUT2D eigenvalue weighted by Crippen LogP contribution is 2.18. The number of halogens is 1. The molecule has 6 nitrogen and oxygen atoms in total. The van der Waals surface area contributed by atoms with E-state index in [2.05, 4.69) is 21.2 Å². The van der Waals surface area contributed by atoms with E-state index in [-0.39, 0.29) is 5.57 Å². The number of carboxylic acid groups (broad SMARTS) is 1. The maximum atomic E-state index is 12.2. The summed E-state index contributed by atoms with van der Waals surface area (Å²) in [5.41, 5.74) is 1.09. The zero-order chi connectivity index (χ0) is 18.2. The Bertz CT molecular complexity index is 854. The molecule has 0 aliphatic carbocycles. The zero-order valence-electron chi connectivity index (χ0n) is 12.9. The molecule has 0 aliphatic heterocycles. The summed E-state index contributed by atoms with van der Waals surface area (Å²) in [5.74, 6) is -1.50. The third-order valence-electron chi connectivity index (χ3n) is 3.00. The molecule has 0 spiro atoms. The van der Waals surface area contributed by atoms with E-state index in [0.29, 0.717) is 17.0 Å². The molecular weight excluding hydrogens is 388 g/mol. The van der Waals surface area contributed by atoms with Crippen LogP contribution in [0.4, 0.5) is 5.69 Å². The second-order valence-electron chi connectivity index (χ2n) is 4.86. The molecule has 0 unspecified atom stereocenters. The van der Waals surface area contributed by atoms with Crippen molar-refractivity contribution in [2.24, 2.45) is 0 Å². The number of ether oxygens (including phenoxy) is 1. The van der Waals surface area contributed by atoms with Crippen LogP contribution in [-0.2, 0) is 9.59 Å². The molecule has 0 fully saturated rings. The molecule has 2 aromatic carbocycles. The maximum Gasteiger partial charge on any atom is 0.266 e. The highest BCUT2D eigenvalue weighted by atomic mass is 79.9. The first-order chi connectivity index (χ1) is 12.0. The van der Waals surface area contributed by atoms with Crippen LogP contribution in [-0.4, -0.2) is 18.5 Å². The van der Waals surface area contributed by atoms with Crippen LogP contribution in [0.2, 0.25) is 0 Å². The van der Waals surface area contributed by atoms with Crippen molar-refractivity contribution >= 4 is 39.6 Å². The summed E-state index contributed by atoms with van der Waals surface area (Å²) in [6, 6.07) is 15.2. The van der Waals surface area contributed by atoms with E-state index in [0.717, 1.165) is 4.47 Å². The standard InChI is InChI=1S/C18H13BrN2O4/c19-14-2-1-3-15(9-14)21-18(24)13(10-20)8-12-4-6-16(7-5-12)25-11-17(22)23/h1-9H,11H2,(H,21,24)(H,22,23)/p-1/b13-8+. The summed E-state index contributed by atoms with van der Waals surface area (Å²) in [6.07, 6.45) is 1.43. The molecule has 0 atom stereocenters. The van der Waals surface area contributed by atoms with Crippen LogP contribution in [0, 0.1) is 11.3 Å². The molecule has 0 heterocycles. The quantitative estimate of drug-likeness (QED) is 0.591. The third-order valence-corrected chi connectivity index (χ3v) is 3.49. The van der Waals surface area contributed by atoms with Crippen LogP contribution in [0.3, 0.4) is 0 Å². The minimum Gasteiger partial charge on any atom is -0.546 e. The zero-order valence-corrected chi connectivity index (χ0v) is 14.4. The topological polar surface area (TPSA) is 102 Å². The molecule has 25 heavy (non-hydrogen) atoms. The number of carbonyl (C=O) groups is 2. The Morgan fingerprint density at radius 3 is 2.56 bits per heavy atom. The minimum absolute atomic E-state index is 0.0663. The number of carboxylic acids is 1. The van der Waals surface area contributed by atoms with Crippen molar-refractivity contribution < 1.29 is 19.4 Å². The smallest absolute Gasteiger partial charge is 0.266 e. The van der Waals surface area contributed by atoms with Gasteiger partial charge >= 0.3 is 0 Å². The Kier molecular flexibility index (Phi) is 6.32. The van der Waals surface area contributed by atoms with Gasteiger partial charge in [-0.25, -0.2) is 0 Å². The fourth-order valence-electron chi connectivity index (χ4n) is 1.88. The SMILES string of the molecule is N#C/C(=C\c1ccc(OCC(=O)[O-])cc1)C(=O)Nc1cccc(Br)c1. The van der Waals surface area contributed by atoms with E-state index in [9.17, 15) is 20.0 Å². The summed E-state index contributed by atoms with van der Waals surface area (Å²) in [7, 11) is 0. The summed E-state index contributed by atoms with van der Waals surface area (Å²) < 4.78 is 5.77. The van der Waals surface area contributed by atoms with E-state index in [1.165, 1.54) is 18.2 Å². The Morgan fingerprint density at radius 1 is 1.24 bits per heavy atom. The van der Waals surface area contributed by atoms with Crippen molar-refractivity contribution in [3.63, 3.8) is 0 Å². The lowest BCUT2D eigenvalue weighted by Gasteiger charge is -2.07. The maximum absolute atomic E-state index is 12.2. The number of amides is 1. The Balaban J connectivity index is 2.09. The van der Waals surface area contributed by atoms with E-state index in [4.69, 9.17) is 4.74 Å². The molecule has 126 valence electrons. The van der Waals surface area contributed by atoms with E-state index in [1.807, 2.05) is 12.1 Å². The first kappa shape index (κ1) is 18.2. The number of aliphatic carboxylic acids is 1. The van der Waals surface area contributed by atoms with Crippen LogP contribution in [0.15, 0.2) is 58.6 Å². The fourth-order valence-corrected chi connectivity index (χ4v) is 2.28. The predicted octanol–water partition coefficient (Wildman–Crippen LogP) is 2.12. The number of nitrogens with one attached hydrogen (secondary N) is 1. The predicted molar refractivity (Wildman–Crippen MR) is 93.3 cm³/mol. The monoisotopic (exact) mass is 399 g/mol. The van der Waals surface area contributed by atoms with Crippen LogP contribution < -0.4 is 15.2 Å². The number of carbonyl (C=O) groups excluding carboxylic acids is 2. The van der Waals surface area contributed by atoms with Gasteiger partial charge in [0.15, 0.2) is 0 Å². The van der Waals surface area contributed by atoms with Gasteiger partial charge in [-0.1, -0.05) is 34.1 Å². The first-order valence-electron chi connectivity index (χ1n) is 7.09. The molecule has 0 bridgehead atoms. The third kappa shape index (κ3) is 5.79. The van der Waals surface area contributed by atoms with Gasteiger partial charge in [0.05, 0.1) is 5.97 Å². The second-order valence-corrected chi connectivity index (χ2v) is 5.78. The average molecular weight is 400 g/mol. The van der Waals surface area contributed by atoms with Gasteiger partial charge in [0.2, 0.25) is 0 Å². The molecule has 2 rings (SSSR count). The van der Waals surface area contributed by atoms with Gasteiger partial charge in [-0.15, -0.1) is 0 Å². The van der Waals surface area contributed by atoms with Gasteiger partial charge < -0.3 is 20.0 Å². The van der Waals surface area contributed by atoms with Crippen molar-refractivity contribution in [2.45, 2.75) is 0 Å². The van der Waals surface area contributed by atoms with E-state index >= 15 is 0 Å². The molecule has 7 heteroatoms. The number of rotatable bonds is 6. The summed E-state index contributed by atoms with van der Waals surface area (Å²) in [4.78, 5) is 22.5. The highest BCUT2D eigenvalue weighted by molar-refractivity contribution is 9.10. The lowest BCUT2D eigenvalue weighted by molar-refractivity contribution is -0.307. The number of hydrogen-bond donors (Lipinski definition) is 1. The van der Waals surface area contributed by atoms with Gasteiger partial charge in [-0.05, 0) is 42.0 Å². The normalized spacial score (nSPS) is 10.6. The molecule has 0 radical (unpaired) electrons. The van der Waals surface area contributed by atoms with Crippen molar-refractivity contribution in [1.29, 1.82) is 5.26 Å². The van der Waals surface area contributed by atoms with Crippen molar-refractivity contribution in [1.82, 2.24) is 0 Å². The number of anilines is 1. The molecule has 0 aromatic heterocycles. The van der Waals surface area contributed by atoms with Crippen molar-refractivity contribution in [2.75, 3.05) is 11.9 Å². The molecule has 0 saturated heterocycles. The molecular formula is C18H12BrN2O4-. The van der Waals surface area contributed by atoms with Crippen LogP contribution in [0.1, 0.15) is 5.56 Å². The van der Waals surface area contributed by atoms with Gasteiger partial charge in [0, 0.05) is 10.2 Å². The molecule has 0 saturated carbocycles. The Hall–Kier alpha value is -3.11. The van der Waals surface area contributed by atoms with E-state index in [1.54, 1.807) is 30.3 Å². The van der Waals surface area contributed by atoms with Gasteiger partial charge in [-0.3, -0.25) is 4.79 Å². The number of nitriles is 1. The van der Waals surface area contributed by atoms with Crippen LogP contribution in [0.5, 0.6) is 5.75 Å². The minimum atomic E-state index is -1.32. The van der Waals surface area contributed by atoms with Crippen molar-refractivity contribution in [3.05, 3.63) is 64.1 Å². The van der Waals surface area contributed by atoms with Gasteiger partial charge in [0.1, 0.15) is 24.0 Å². The van der Waals surface area contributed by atoms with E-state index < -0.39 is 18.5 Å². The molecule has 2 aromatic rings. The van der Waals surface area contributed by atoms with Crippen molar-refractivity contribution in [3.8, 4) is 11.8 Å². The average Bonchev–Trinajstić information content (AvgIpc) is 2.58. The number of benzene rings is 2. The first-order valence-corrected chi connectivity index (χ1v) is 7.88. The summed E-state index contributed by atoms with van der Waals surface area (Å²) in [5, 5.41) is 22.2. The lowest BCUT2D eigenvalue weighted by Crippen LogP contribution is -2.28. The Labute approximate surface area is 152 Å². The summed E-state index contributed by atoms with van der Waals surface area (Å²) in [6.45, 7) is -0.548. The van der Waals surface area contributed by atoms with Gasteiger partial charge in [0.25, 0.3) is 5.91 Å². The fraction of sp³-hybridized carbons (Fsp3) is 0.0556. The van der Waals surface area contributed by atoms with Crippen LogP contribution >= 0.6 is 15.9 Å². The lowest BCUT2D eigenvalue weighted by atomic mass is 10.1. The molecule has 1 amide bonds. The largest absolute Gasteiger partial charge is 0.546 e. The van der Waals surface area contributed by atoms with Crippen LogP contribution in [0.25, 0.3) is 6.08 Å². The van der Waals surface area contributed by atoms with Gasteiger partial charge in [-0.2, -0.15) is 5.26 Å².